The van der Waals surface area contributed by atoms with Crippen LogP contribution in [-0.4, -0.2) is 37.6 Å². The summed E-state index contributed by atoms with van der Waals surface area (Å²) in [6, 6.07) is 0. The van der Waals surface area contributed by atoms with Crippen LogP contribution in [0.1, 0.15) is 20.3 Å². The average Bonchev–Trinajstić information content (AvgIpc) is 2.39. The van der Waals surface area contributed by atoms with Gasteiger partial charge in [0.1, 0.15) is 7.85 Å². The molecule has 4 heteroatoms. The first-order valence-electron chi connectivity index (χ1n) is 5.11. The van der Waals surface area contributed by atoms with Crippen LogP contribution in [0.3, 0.4) is 0 Å². The molecule has 0 amide bonds. The molecule has 0 spiro atoms. The van der Waals surface area contributed by atoms with Crippen molar-refractivity contribution in [3.63, 3.8) is 0 Å². The maximum Gasteiger partial charge on any atom is 0.104 e. The molecular weight excluding hydrogens is 187 g/mol. The summed E-state index contributed by atoms with van der Waals surface area (Å²) in [6.07, 6.45) is 0.829. The second-order valence-electron chi connectivity index (χ2n) is 5.06. The van der Waals surface area contributed by atoms with Gasteiger partial charge < -0.3 is 4.90 Å². The van der Waals surface area contributed by atoms with Crippen molar-refractivity contribution >= 4 is 24.9 Å². The maximum atomic E-state index is 6.44. The summed E-state index contributed by atoms with van der Waals surface area (Å²) >= 11 is 0. The Kier molecular flexibility index (Phi) is 2.13. The monoisotopic (exact) mass is 203 g/mol. The minimum atomic E-state index is -0.271. The van der Waals surface area contributed by atoms with Gasteiger partial charge in [0, 0.05) is 17.7 Å². The van der Waals surface area contributed by atoms with E-state index in [0.717, 1.165) is 18.7 Å². The normalized spacial score (nSPS) is 52.5. The van der Waals surface area contributed by atoms with Gasteiger partial charge in [0.15, 0.2) is 0 Å². The summed E-state index contributed by atoms with van der Waals surface area (Å²) in [5.41, 5.74) is 0.877. The lowest BCUT2D eigenvalue weighted by Crippen LogP contribution is -2.42. The smallest absolute Gasteiger partial charge is 0.104 e. The van der Waals surface area contributed by atoms with E-state index >= 15 is 0 Å². The third-order valence-electron chi connectivity index (χ3n) is 3.98. The quantitative estimate of drug-likeness (QED) is 0.420. The molecule has 0 N–H and O–H groups in total. The van der Waals surface area contributed by atoms with E-state index in [1.54, 1.807) is 0 Å². The Morgan fingerprint density at radius 3 is 2.57 bits per heavy atom. The van der Waals surface area contributed by atoms with Crippen molar-refractivity contribution in [3.8, 4) is 0 Å². The Morgan fingerprint density at radius 2 is 2.07 bits per heavy atom. The van der Waals surface area contributed by atoms with E-state index in [-0.39, 0.29) is 10.5 Å². The fourth-order valence-corrected chi connectivity index (χ4v) is 3.37. The number of allylic oxidation sites excluding steroid dienone is 1. The molecule has 2 fully saturated rings. The summed E-state index contributed by atoms with van der Waals surface area (Å²) in [5.74, 6) is 0.905. The van der Waals surface area contributed by atoms with Gasteiger partial charge in [-0.2, -0.15) is 0 Å². The molecule has 1 nitrogen and oxygen atoms in total. The molecule has 2 heterocycles. The first-order valence-corrected chi connectivity index (χ1v) is 5.69. The summed E-state index contributed by atoms with van der Waals surface area (Å²) in [7, 11) is 15.3. The highest BCUT2D eigenvalue weighted by Crippen LogP contribution is 2.52. The Labute approximate surface area is 91.7 Å². The minimum Gasteiger partial charge on any atom is -0.378 e. The SMILES string of the molecule is [B]C1(P)CN2C(=C)C(C)C(C)C2([B])C1. The number of hydrogen-bond donors (Lipinski definition) is 0. The first kappa shape index (κ1) is 10.6. The second kappa shape index (κ2) is 2.82. The zero-order valence-electron chi connectivity index (χ0n) is 8.96. The van der Waals surface area contributed by atoms with Gasteiger partial charge in [-0.15, -0.1) is 9.24 Å². The van der Waals surface area contributed by atoms with E-state index in [4.69, 9.17) is 15.7 Å². The highest BCUT2D eigenvalue weighted by atomic mass is 31.0. The minimum absolute atomic E-state index is 0.244. The van der Waals surface area contributed by atoms with Crippen molar-refractivity contribution in [2.75, 3.05) is 6.54 Å². The largest absolute Gasteiger partial charge is 0.378 e. The molecule has 2 saturated heterocycles. The van der Waals surface area contributed by atoms with Gasteiger partial charge in [0.2, 0.25) is 0 Å². The van der Waals surface area contributed by atoms with E-state index < -0.39 is 0 Å². The number of nitrogens with zero attached hydrogens (tertiary/aromatic N) is 1. The van der Waals surface area contributed by atoms with Crippen LogP contribution < -0.4 is 0 Å². The van der Waals surface area contributed by atoms with E-state index in [2.05, 4.69) is 34.6 Å². The predicted molar refractivity (Wildman–Crippen MR) is 65.5 cm³/mol. The molecule has 4 radical (unpaired) electrons. The molecule has 0 aromatic rings. The zero-order chi connectivity index (χ0) is 10.7. The van der Waals surface area contributed by atoms with Crippen LogP contribution in [0.5, 0.6) is 0 Å². The van der Waals surface area contributed by atoms with Crippen molar-refractivity contribution in [2.24, 2.45) is 11.8 Å². The standard InChI is InChI=1S/C10H16B2NP/c1-6-7(2)10(12)4-9(11,14)5-13(10)8(6)3/h6-7H,3-5,14H2,1-2H3. The third kappa shape index (κ3) is 1.21. The molecule has 72 valence electrons. The molecule has 5 unspecified atom stereocenters. The van der Waals surface area contributed by atoms with Crippen LogP contribution in [0, 0.1) is 11.8 Å². The van der Waals surface area contributed by atoms with Crippen LogP contribution in [0.2, 0.25) is 0 Å². The highest BCUT2D eigenvalue weighted by molar-refractivity contribution is 7.22. The number of rotatable bonds is 0. The second-order valence-corrected chi connectivity index (χ2v) is 6.21. The predicted octanol–water partition coefficient (Wildman–Crippen LogP) is 1.10. The Morgan fingerprint density at radius 1 is 1.50 bits per heavy atom. The van der Waals surface area contributed by atoms with Crippen LogP contribution in [-0.2, 0) is 0 Å². The van der Waals surface area contributed by atoms with E-state index in [1.165, 1.54) is 0 Å². The van der Waals surface area contributed by atoms with E-state index in [9.17, 15) is 0 Å². The lowest BCUT2D eigenvalue weighted by atomic mass is 9.63. The summed E-state index contributed by atoms with van der Waals surface area (Å²) in [6.45, 7) is 9.32. The molecule has 0 aromatic carbocycles. The molecule has 5 atom stereocenters. The zero-order valence-corrected chi connectivity index (χ0v) is 10.1. The van der Waals surface area contributed by atoms with Crippen LogP contribution in [0.25, 0.3) is 0 Å². The van der Waals surface area contributed by atoms with Gasteiger partial charge in [-0.1, -0.05) is 20.4 Å². The Balaban J connectivity index is 2.37. The molecule has 0 saturated carbocycles. The molecule has 0 aromatic heterocycles. The molecule has 0 bridgehead atoms. The Bertz CT molecular complexity index is 292. The van der Waals surface area contributed by atoms with Crippen molar-refractivity contribution in [1.82, 2.24) is 4.90 Å². The number of fused-ring (bicyclic) bond motifs is 1. The highest BCUT2D eigenvalue weighted by Gasteiger charge is 2.55. The Hall–Kier alpha value is 0.0999. The van der Waals surface area contributed by atoms with Crippen LogP contribution in [0.4, 0.5) is 0 Å². The molecule has 0 aliphatic carbocycles. The van der Waals surface area contributed by atoms with Gasteiger partial charge >= 0.3 is 0 Å². The summed E-state index contributed by atoms with van der Waals surface area (Å²) in [4.78, 5) is 2.20. The molecular formula is C10H16B2NP. The van der Waals surface area contributed by atoms with E-state index in [0.29, 0.717) is 11.8 Å². The van der Waals surface area contributed by atoms with Gasteiger partial charge in [-0.3, -0.25) is 0 Å². The molecule has 2 aliphatic rings. The average molecular weight is 203 g/mol. The molecule has 2 rings (SSSR count). The van der Waals surface area contributed by atoms with Crippen molar-refractivity contribution < 1.29 is 0 Å². The number of hydrogen-bond acceptors (Lipinski definition) is 1. The summed E-state index contributed by atoms with van der Waals surface area (Å²) in [5, 5.41) is -0.244. The topological polar surface area (TPSA) is 3.24 Å². The van der Waals surface area contributed by atoms with Gasteiger partial charge in [-0.05, 0) is 23.3 Å². The third-order valence-corrected chi connectivity index (χ3v) is 4.36. The lowest BCUT2D eigenvalue weighted by molar-refractivity contribution is 0.272. The maximum absolute atomic E-state index is 6.44. The van der Waals surface area contributed by atoms with Crippen LogP contribution in [0.15, 0.2) is 12.3 Å². The van der Waals surface area contributed by atoms with Crippen LogP contribution >= 0.6 is 9.24 Å². The van der Waals surface area contributed by atoms with Gasteiger partial charge in [0.05, 0.1) is 7.85 Å². The fraction of sp³-hybridized carbons (Fsp3) is 0.800. The lowest BCUT2D eigenvalue weighted by Gasteiger charge is -2.34. The van der Waals surface area contributed by atoms with Crippen molar-refractivity contribution in [3.05, 3.63) is 12.3 Å². The van der Waals surface area contributed by atoms with Gasteiger partial charge in [0.25, 0.3) is 0 Å². The fourth-order valence-electron chi connectivity index (χ4n) is 2.86. The molecule has 14 heavy (non-hydrogen) atoms. The first-order chi connectivity index (χ1) is 6.28. The van der Waals surface area contributed by atoms with E-state index in [1.807, 2.05) is 0 Å². The van der Waals surface area contributed by atoms with Crippen molar-refractivity contribution in [2.45, 2.75) is 30.8 Å². The molecule has 2 aliphatic heterocycles. The van der Waals surface area contributed by atoms with Gasteiger partial charge in [-0.25, -0.2) is 0 Å². The van der Waals surface area contributed by atoms with Crippen molar-refractivity contribution in [1.29, 1.82) is 0 Å². The summed E-state index contributed by atoms with van der Waals surface area (Å²) < 4.78 is 0.